The highest BCUT2D eigenvalue weighted by molar-refractivity contribution is 5.71. The minimum absolute atomic E-state index is 0.267. The van der Waals surface area contributed by atoms with E-state index < -0.39 is 11.6 Å². The van der Waals surface area contributed by atoms with E-state index >= 15 is 0 Å². The third kappa shape index (κ3) is 2.72. The Morgan fingerprint density at radius 2 is 1.14 bits per heavy atom. The average molecular weight is 296 g/mol. The molecule has 0 N–H and O–H groups in total. The highest BCUT2D eigenvalue weighted by atomic mass is 19.1. The molecule has 3 rings (SSSR count). The van der Waals surface area contributed by atoms with Crippen LogP contribution >= 0.6 is 0 Å². The molecule has 0 saturated carbocycles. The van der Waals surface area contributed by atoms with Crippen LogP contribution < -0.4 is 0 Å². The first-order valence-corrected chi connectivity index (χ1v) is 6.89. The number of pyridine rings is 2. The zero-order valence-corrected chi connectivity index (χ0v) is 12.3. The highest BCUT2D eigenvalue weighted by Gasteiger charge is 2.15. The lowest BCUT2D eigenvalue weighted by molar-refractivity contribution is 0.587. The van der Waals surface area contributed by atoms with Crippen LogP contribution in [0.15, 0.2) is 48.8 Å². The fraction of sp³-hybridized carbons (Fsp3) is 0.111. The number of hydrogen-bond acceptors (Lipinski definition) is 2. The van der Waals surface area contributed by atoms with Gasteiger partial charge in [-0.3, -0.25) is 9.97 Å². The largest absolute Gasteiger partial charge is 0.256 e. The maximum Gasteiger partial charge on any atom is 0.135 e. The summed E-state index contributed by atoms with van der Waals surface area (Å²) >= 11 is 0. The van der Waals surface area contributed by atoms with E-state index in [1.165, 1.54) is 6.07 Å². The normalized spacial score (nSPS) is 10.7. The van der Waals surface area contributed by atoms with Crippen LogP contribution in [-0.2, 0) is 0 Å². The van der Waals surface area contributed by atoms with Crippen molar-refractivity contribution in [3.8, 4) is 22.5 Å². The molecule has 0 atom stereocenters. The van der Waals surface area contributed by atoms with Gasteiger partial charge in [0.2, 0.25) is 0 Å². The Morgan fingerprint density at radius 3 is 1.55 bits per heavy atom. The first kappa shape index (κ1) is 14.3. The zero-order valence-electron chi connectivity index (χ0n) is 12.3. The first-order valence-electron chi connectivity index (χ1n) is 6.89. The molecule has 0 aliphatic heterocycles. The van der Waals surface area contributed by atoms with Gasteiger partial charge in [-0.1, -0.05) is 0 Å². The van der Waals surface area contributed by atoms with Crippen LogP contribution in [0.4, 0.5) is 8.78 Å². The van der Waals surface area contributed by atoms with Gasteiger partial charge in [0.15, 0.2) is 0 Å². The predicted octanol–water partition coefficient (Wildman–Crippen LogP) is 4.71. The molecule has 0 bridgehead atoms. The van der Waals surface area contributed by atoms with Crippen LogP contribution in [0.5, 0.6) is 0 Å². The summed E-state index contributed by atoms with van der Waals surface area (Å²) in [6.45, 7) is 3.80. The highest BCUT2D eigenvalue weighted by Crippen LogP contribution is 2.30. The molecular weight excluding hydrogens is 282 g/mol. The summed E-state index contributed by atoms with van der Waals surface area (Å²) in [6.07, 6.45) is 3.22. The van der Waals surface area contributed by atoms with Gasteiger partial charge in [0.05, 0.1) is 11.4 Å². The molecule has 1 aromatic carbocycles. The lowest BCUT2D eigenvalue weighted by Crippen LogP contribution is -1.95. The molecule has 0 fully saturated rings. The van der Waals surface area contributed by atoms with Gasteiger partial charge in [-0.25, -0.2) is 8.78 Å². The molecule has 22 heavy (non-hydrogen) atoms. The Bertz CT molecular complexity index is 777. The molecule has 4 heteroatoms. The van der Waals surface area contributed by atoms with Crippen molar-refractivity contribution in [1.82, 2.24) is 9.97 Å². The minimum atomic E-state index is -0.632. The van der Waals surface area contributed by atoms with E-state index in [1.807, 2.05) is 26.0 Å². The second-order valence-electron chi connectivity index (χ2n) is 5.25. The number of benzene rings is 1. The van der Waals surface area contributed by atoms with Crippen LogP contribution in [0, 0.1) is 25.5 Å². The number of aromatic nitrogens is 2. The predicted molar refractivity (Wildman–Crippen MR) is 82.3 cm³/mol. The summed E-state index contributed by atoms with van der Waals surface area (Å²) in [5.41, 5.74) is 3.41. The van der Waals surface area contributed by atoms with Crippen LogP contribution in [0.1, 0.15) is 11.1 Å². The number of halogens is 2. The molecule has 2 aromatic heterocycles. The first-order chi connectivity index (χ1) is 10.5. The summed E-state index contributed by atoms with van der Waals surface area (Å²) in [5, 5.41) is 0. The van der Waals surface area contributed by atoms with Crippen LogP contribution in [0.2, 0.25) is 0 Å². The Hall–Kier alpha value is -2.62. The van der Waals surface area contributed by atoms with Gasteiger partial charge in [0, 0.05) is 29.6 Å². The molecule has 0 unspecified atom stereocenters. The molecule has 2 heterocycles. The average Bonchev–Trinajstić information content (AvgIpc) is 2.47. The standard InChI is InChI=1S/C18H14F2N2/c1-11-3-5-21-17(7-11)13-9-14(16(20)10-15(13)19)18-8-12(2)4-6-22-18/h3-10H,1-2H3. The molecular formula is C18H14F2N2. The number of aryl methyl sites for hydroxylation is 2. The van der Waals surface area contributed by atoms with Crippen molar-refractivity contribution in [2.75, 3.05) is 0 Å². The van der Waals surface area contributed by atoms with E-state index in [4.69, 9.17) is 0 Å². The molecule has 110 valence electrons. The molecule has 0 saturated heterocycles. The Balaban J connectivity index is 2.19. The van der Waals surface area contributed by atoms with Crippen molar-refractivity contribution in [2.24, 2.45) is 0 Å². The second-order valence-corrected chi connectivity index (χ2v) is 5.25. The van der Waals surface area contributed by atoms with E-state index in [9.17, 15) is 8.78 Å². The second kappa shape index (κ2) is 5.64. The number of nitrogens with zero attached hydrogens (tertiary/aromatic N) is 2. The van der Waals surface area contributed by atoms with Gasteiger partial charge < -0.3 is 0 Å². The van der Waals surface area contributed by atoms with Crippen molar-refractivity contribution in [1.29, 1.82) is 0 Å². The van der Waals surface area contributed by atoms with E-state index in [0.717, 1.165) is 17.2 Å². The minimum Gasteiger partial charge on any atom is -0.256 e. The molecule has 0 radical (unpaired) electrons. The summed E-state index contributed by atoms with van der Waals surface area (Å²) in [4.78, 5) is 8.34. The number of rotatable bonds is 2. The lowest BCUT2D eigenvalue weighted by atomic mass is 10.0. The van der Waals surface area contributed by atoms with E-state index in [1.54, 1.807) is 24.5 Å². The van der Waals surface area contributed by atoms with Gasteiger partial charge in [-0.15, -0.1) is 0 Å². The Labute approximate surface area is 127 Å². The van der Waals surface area contributed by atoms with Gasteiger partial charge >= 0.3 is 0 Å². The molecule has 0 aliphatic rings. The Morgan fingerprint density at radius 1 is 0.682 bits per heavy atom. The molecule has 0 spiro atoms. The molecule has 2 nitrogen and oxygen atoms in total. The van der Waals surface area contributed by atoms with Gasteiger partial charge in [0.25, 0.3) is 0 Å². The van der Waals surface area contributed by atoms with Crippen molar-refractivity contribution in [3.05, 3.63) is 71.6 Å². The summed E-state index contributed by atoms with van der Waals surface area (Å²) in [7, 11) is 0. The van der Waals surface area contributed by atoms with Crippen LogP contribution in [0.25, 0.3) is 22.5 Å². The maximum atomic E-state index is 14.1. The van der Waals surface area contributed by atoms with Gasteiger partial charge in [-0.2, -0.15) is 0 Å². The summed E-state index contributed by atoms with van der Waals surface area (Å²) in [6, 6.07) is 9.54. The Kier molecular flexibility index (Phi) is 3.67. The maximum absolute atomic E-state index is 14.1. The third-order valence-electron chi connectivity index (χ3n) is 3.44. The van der Waals surface area contributed by atoms with Crippen molar-refractivity contribution < 1.29 is 8.78 Å². The molecule has 0 amide bonds. The molecule has 0 aliphatic carbocycles. The monoisotopic (exact) mass is 296 g/mol. The number of hydrogen-bond donors (Lipinski definition) is 0. The zero-order chi connectivity index (χ0) is 15.7. The SMILES string of the molecule is Cc1ccnc(-c2cc(-c3cc(C)ccn3)c(F)cc2F)c1. The summed E-state index contributed by atoms with van der Waals surface area (Å²) in [5.74, 6) is -1.26. The van der Waals surface area contributed by atoms with E-state index in [0.29, 0.717) is 11.4 Å². The quantitative estimate of drug-likeness (QED) is 0.684. The van der Waals surface area contributed by atoms with E-state index in [2.05, 4.69) is 9.97 Å². The van der Waals surface area contributed by atoms with Crippen molar-refractivity contribution in [2.45, 2.75) is 13.8 Å². The van der Waals surface area contributed by atoms with E-state index in [-0.39, 0.29) is 11.1 Å². The van der Waals surface area contributed by atoms with Crippen LogP contribution in [0.3, 0.4) is 0 Å². The topological polar surface area (TPSA) is 25.8 Å². The third-order valence-corrected chi connectivity index (χ3v) is 3.44. The van der Waals surface area contributed by atoms with Gasteiger partial charge in [-0.05, 0) is 55.3 Å². The van der Waals surface area contributed by atoms with Crippen molar-refractivity contribution >= 4 is 0 Å². The molecule has 3 aromatic rings. The lowest BCUT2D eigenvalue weighted by Gasteiger charge is -2.09. The van der Waals surface area contributed by atoms with Gasteiger partial charge in [0.1, 0.15) is 11.6 Å². The summed E-state index contributed by atoms with van der Waals surface area (Å²) < 4.78 is 28.3. The van der Waals surface area contributed by atoms with Crippen LogP contribution in [-0.4, -0.2) is 9.97 Å². The fourth-order valence-corrected chi connectivity index (χ4v) is 2.31. The fourth-order valence-electron chi connectivity index (χ4n) is 2.31. The smallest absolute Gasteiger partial charge is 0.135 e. The van der Waals surface area contributed by atoms with Crippen molar-refractivity contribution in [3.63, 3.8) is 0 Å².